The third kappa shape index (κ3) is 5.35. The number of amides is 1. The summed E-state index contributed by atoms with van der Waals surface area (Å²) in [6.45, 7) is 1.81. The van der Waals surface area contributed by atoms with Crippen LogP contribution in [-0.4, -0.2) is 34.0 Å². The lowest BCUT2D eigenvalue weighted by molar-refractivity contribution is -0.137. The predicted octanol–water partition coefficient (Wildman–Crippen LogP) is 5.40. The molecule has 1 unspecified atom stereocenters. The van der Waals surface area contributed by atoms with E-state index >= 15 is 0 Å². The number of oxazole rings is 1. The lowest BCUT2D eigenvalue weighted by Crippen LogP contribution is -2.28. The molecule has 1 amide bonds. The van der Waals surface area contributed by atoms with E-state index in [9.17, 15) is 9.59 Å². The molecule has 0 aliphatic rings. The number of nitrogens with one attached hydrogen (secondary N) is 1. The maximum absolute atomic E-state index is 12.8. The second-order valence-corrected chi connectivity index (χ2v) is 8.40. The van der Waals surface area contributed by atoms with Gasteiger partial charge in [-0.2, -0.15) is 4.98 Å². The molecule has 2 aromatic carbocycles. The van der Waals surface area contributed by atoms with Crippen molar-refractivity contribution < 1.29 is 19.1 Å². The lowest BCUT2D eigenvalue weighted by Gasteiger charge is -2.18. The van der Waals surface area contributed by atoms with Crippen LogP contribution in [0.1, 0.15) is 30.5 Å². The highest BCUT2D eigenvalue weighted by molar-refractivity contribution is 6.33. The molecule has 0 bridgehead atoms. The summed E-state index contributed by atoms with van der Waals surface area (Å²) in [4.78, 5) is 34.0. The molecular weight excluding hydrogens is 456 g/mol. The van der Waals surface area contributed by atoms with Gasteiger partial charge in [0.05, 0.1) is 35.4 Å². The molecule has 0 saturated carbocycles. The molecule has 8 nitrogen and oxygen atoms in total. The van der Waals surface area contributed by atoms with Crippen molar-refractivity contribution >= 4 is 52.0 Å². The molecule has 2 heterocycles. The number of halogens is 1. The van der Waals surface area contributed by atoms with Crippen molar-refractivity contribution in [2.24, 2.45) is 0 Å². The number of hydrogen-bond donors (Lipinski definition) is 2. The minimum absolute atomic E-state index is 0.000846. The van der Waals surface area contributed by atoms with E-state index in [0.717, 1.165) is 5.56 Å². The Hall–Kier alpha value is -3.91. The molecule has 1 atom stereocenters. The summed E-state index contributed by atoms with van der Waals surface area (Å²) in [5, 5.41) is 12.6. The Morgan fingerprint density at radius 3 is 2.68 bits per heavy atom. The van der Waals surface area contributed by atoms with Crippen LogP contribution in [0.2, 0.25) is 5.02 Å². The molecule has 34 heavy (non-hydrogen) atoms. The van der Waals surface area contributed by atoms with Crippen molar-refractivity contribution in [3.05, 3.63) is 77.1 Å². The summed E-state index contributed by atoms with van der Waals surface area (Å²) in [5.74, 6) is -1.21. The van der Waals surface area contributed by atoms with Crippen LogP contribution < -0.4 is 10.2 Å². The maximum atomic E-state index is 12.8. The van der Waals surface area contributed by atoms with Crippen molar-refractivity contribution in [3.63, 3.8) is 0 Å². The minimum atomic E-state index is -0.874. The van der Waals surface area contributed by atoms with Gasteiger partial charge in [-0.25, -0.2) is 0 Å². The Balaban J connectivity index is 1.44. The Bertz CT molecular complexity index is 1340. The van der Waals surface area contributed by atoms with E-state index in [2.05, 4.69) is 15.3 Å². The number of anilines is 3. The van der Waals surface area contributed by atoms with Crippen LogP contribution in [0.15, 0.2) is 65.2 Å². The number of benzene rings is 2. The average molecular weight is 479 g/mol. The van der Waals surface area contributed by atoms with Crippen LogP contribution in [0.25, 0.3) is 11.1 Å². The van der Waals surface area contributed by atoms with Crippen molar-refractivity contribution in [1.82, 2.24) is 9.97 Å². The van der Waals surface area contributed by atoms with Crippen molar-refractivity contribution in [2.75, 3.05) is 17.3 Å². The Morgan fingerprint density at radius 1 is 1.18 bits per heavy atom. The fourth-order valence-corrected chi connectivity index (χ4v) is 3.68. The third-order valence-electron chi connectivity index (χ3n) is 5.44. The fraction of sp³-hybridized carbons (Fsp3) is 0.200. The van der Waals surface area contributed by atoms with Gasteiger partial charge in [0.2, 0.25) is 5.91 Å². The highest BCUT2D eigenvalue weighted by Crippen LogP contribution is 2.27. The van der Waals surface area contributed by atoms with Crippen LogP contribution in [0, 0.1) is 0 Å². The van der Waals surface area contributed by atoms with Crippen LogP contribution in [0.5, 0.6) is 0 Å². The van der Waals surface area contributed by atoms with Gasteiger partial charge in [-0.15, -0.1) is 0 Å². The first-order valence-corrected chi connectivity index (χ1v) is 11.0. The summed E-state index contributed by atoms with van der Waals surface area (Å²) in [6.07, 6.45) is 1.75. The van der Waals surface area contributed by atoms with Gasteiger partial charge >= 0.3 is 5.97 Å². The van der Waals surface area contributed by atoms with Gasteiger partial charge in [0.25, 0.3) is 6.01 Å². The zero-order valence-electron chi connectivity index (χ0n) is 18.7. The summed E-state index contributed by atoms with van der Waals surface area (Å²) in [6, 6.07) is 16.6. The van der Waals surface area contributed by atoms with Gasteiger partial charge in [-0.1, -0.05) is 36.7 Å². The van der Waals surface area contributed by atoms with Gasteiger partial charge < -0.3 is 19.7 Å². The van der Waals surface area contributed by atoms with E-state index < -0.39 is 5.97 Å². The second-order valence-electron chi connectivity index (χ2n) is 8.00. The zero-order chi connectivity index (χ0) is 24.2. The molecule has 0 radical (unpaired) electrons. The number of likely N-dealkylation sites (N-methyl/N-ethyl adjacent to an activating group) is 1. The first-order chi connectivity index (χ1) is 16.3. The summed E-state index contributed by atoms with van der Waals surface area (Å²) >= 11 is 6.18. The number of fused-ring (bicyclic) bond motifs is 1. The molecule has 0 aliphatic carbocycles. The monoisotopic (exact) mass is 478 g/mol. The predicted molar refractivity (Wildman–Crippen MR) is 131 cm³/mol. The van der Waals surface area contributed by atoms with Crippen LogP contribution in [0.4, 0.5) is 17.4 Å². The maximum Gasteiger partial charge on any atom is 0.304 e. The first kappa shape index (κ1) is 23.3. The quantitative estimate of drug-likeness (QED) is 0.349. The highest BCUT2D eigenvalue weighted by Gasteiger charge is 2.16. The van der Waals surface area contributed by atoms with E-state index in [4.69, 9.17) is 21.1 Å². The van der Waals surface area contributed by atoms with E-state index in [1.807, 2.05) is 24.3 Å². The number of rotatable bonds is 8. The molecule has 174 valence electrons. The van der Waals surface area contributed by atoms with Gasteiger partial charge in [0.1, 0.15) is 5.52 Å². The molecule has 4 rings (SSSR count). The number of pyridine rings is 1. The van der Waals surface area contributed by atoms with Gasteiger partial charge in [-0.05, 0) is 42.0 Å². The van der Waals surface area contributed by atoms with Crippen LogP contribution in [0.3, 0.4) is 0 Å². The number of para-hydroxylation sites is 1. The lowest BCUT2D eigenvalue weighted by atomic mass is 10.0. The average Bonchev–Trinajstić information content (AvgIpc) is 3.21. The summed E-state index contributed by atoms with van der Waals surface area (Å²) in [5.41, 5.74) is 3.98. The smallest absolute Gasteiger partial charge is 0.304 e. The number of carboxylic acids is 1. The number of aliphatic carboxylic acids is 1. The van der Waals surface area contributed by atoms with Crippen molar-refractivity contribution in [1.29, 1.82) is 0 Å². The molecule has 0 fully saturated rings. The topological polar surface area (TPSA) is 109 Å². The number of hydrogen-bond acceptors (Lipinski definition) is 6. The Morgan fingerprint density at radius 2 is 1.97 bits per heavy atom. The standard InChI is InChI=1S/C25H23ClN4O4/c1-15(11-24(32)33)19-10-8-17(14-27-19)30(2)23(31)13-16-7-9-21-22(12-16)34-25(29-21)28-20-6-4-3-5-18(20)26/h3-10,12,14-15H,11,13H2,1-2H3,(H,28,29)(H,32,33). The SMILES string of the molecule is CC(CC(=O)O)c1ccc(N(C)C(=O)Cc2ccc3nc(Nc4ccccc4Cl)oc3c2)cn1. The number of carbonyl (C=O) groups excluding carboxylic acids is 1. The molecule has 9 heteroatoms. The first-order valence-electron chi connectivity index (χ1n) is 10.7. The summed E-state index contributed by atoms with van der Waals surface area (Å²) < 4.78 is 5.80. The number of nitrogens with zero attached hydrogens (tertiary/aromatic N) is 3. The van der Waals surface area contributed by atoms with Gasteiger partial charge in [-0.3, -0.25) is 14.6 Å². The van der Waals surface area contributed by atoms with E-state index in [1.54, 1.807) is 50.5 Å². The molecule has 0 aliphatic heterocycles. The van der Waals surface area contributed by atoms with Gasteiger partial charge in [0.15, 0.2) is 5.58 Å². The molecule has 2 N–H and O–H groups in total. The molecule has 2 aromatic heterocycles. The molecule has 0 saturated heterocycles. The summed E-state index contributed by atoms with van der Waals surface area (Å²) in [7, 11) is 1.68. The number of carboxylic acid groups (broad SMARTS) is 1. The van der Waals surface area contributed by atoms with Crippen molar-refractivity contribution in [3.8, 4) is 0 Å². The number of aromatic nitrogens is 2. The van der Waals surface area contributed by atoms with E-state index in [1.165, 1.54) is 4.90 Å². The zero-order valence-corrected chi connectivity index (χ0v) is 19.4. The van der Waals surface area contributed by atoms with E-state index in [-0.39, 0.29) is 24.7 Å². The fourth-order valence-electron chi connectivity index (χ4n) is 3.50. The molecule has 0 spiro atoms. The largest absolute Gasteiger partial charge is 0.481 e. The highest BCUT2D eigenvalue weighted by atomic mass is 35.5. The normalized spacial score (nSPS) is 11.9. The van der Waals surface area contributed by atoms with Crippen molar-refractivity contribution in [2.45, 2.75) is 25.7 Å². The van der Waals surface area contributed by atoms with E-state index in [0.29, 0.717) is 39.2 Å². The van der Waals surface area contributed by atoms with Crippen LogP contribution in [-0.2, 0) is 16.0 Å². The number of carbonyl (C=O) groups is 2. The van der Waals surface area contributed by atoms with Crippen LogP contribution >= 0.6 is 11.6 Å². The minimum Gasteiger partial charge on any atom is -0.481 e. The Labute approximate surface area is 201 Å². The second kappa shape index (κ2) is 9.93. The van der Waals surface area contributed by atoms with Gasteiger partial charge in [0, 0.05) is 18.7 Å². The molecule has 4 aromatic rings. The third-order valence-corrected chi connectivity index (χ3v) is 5.77. The molecular formula is C25H23ClN4O4. The Kier molecular flexibility index (Phi) is 6.79.